The van der Waals surface area contributed by atoms with E-state index in [1.54, 1.807) is 16.4 Å². The molecule has 2 aromatic heterocycles. The van der Waals surface area contributed by atoms with Crippen molar-refractivity contribution in [1.82, 2.24) is 14.3 Å². The molecule has 0 saturated carbocycles. The first kappa shape index (κ1) is 19.1. The van der Waals surface area contributed by atoms with Crippen molar-refractivity contribution in [3.05, 3.63) is 38.3 Å². The number of nitrogens with one attached hydrogen (secondary N) is 2. The lowest BCUT2D eigenvalue weighted by molar-refractivity contribution is 0.525. The number of nitrogens with zero attached hydrogens (tertiary/aromatic N) is 2. The highest BCUT2D eigenvalue weighted by molar-refractivity contribution is 7.12. The van der Waals surface area contributed by atoms with Gasteiger partial charge in [-0.25, -0.2) is 8.78 Å². The van der Waals surface area contributed by atoms with Crippen LogP contribution in [0.15, 0.2) is 15.7 Å². The Balaban J connectivity index is 1.92. The van der Waals surface area contributed by atoms with Crippen LogP contribution in [0, 0.1) is 17.6 Å². The molecule has 3 aromatic rings. The van der Waals surface area contributed by atoms with Gasteiger partial charge in [0.25, 0.3) is 5.56 Å². The minimum atomic E-state index is -0.764. The second kappa shape index (κ2) is 7.29. The van der Waals surface area contributed by atoms with Gasteiger partial charge in [0.1, 0.15) is 21.7 Å². The summed E-state index contributed by atoms with van der Waals surface area (Å²) in [6, 6.07) is 1.08. The molecule has 2 N–H and O–H groups in total. The van der Waals surface area contributed by atoms with Gasteiger partial charge in [0, 0.05) is 19.6 Å². The van der Waals surface area contributed by atoms with Crippen molar-refractivity contribution >= 4 is 38.3 Å². The zero-order valence-electron chi connectivity index (χ0n) is 15.8. The van der Waals surface area contributed by atoms with E-state index in [2.05, 4.69) is 9.69 Å². The summed E-state index contributed by atoms with van der Waals surface area (Å²) in [5, 5.41) is 3.14. The lowest BCUT2D eigenvalue weighted by atomic mass is 10.1. The van der Waals surface area contributed by atoms with E-state index in [1.807, 2.05) is 6.92 Å². The molecule has 0 radical (unpaired) electrons. The average molecular weight is 408 g/mol. The number of fused-ring (bicyclic) bond motifs is 2. The van der Waals surface area contributed by atoms with Crippen molar-refractivity contribution in [1.29, 1.82) is 0 Å². The highest BCUT2D eigenvalue weighted by atomic mass is 32.1. The molecule has 3 heterocycles. The van der Waals surface area contributed by atoms with Crippen LogP contribution in [-0.2, 0) is 6.54 Å². The van der Waals surface area contributed by atoms with E-state index in [0.29, 0.717) is 30.4 Å². The molecule has 0 aliphatic carbocycles. The molecule has 1 fully saturated rings. The molecular weight excluding hydrogens is 386 g/mol. The van der Waals surface area contributed by atoms with E-state index in [-0.39, 0.29) is 22.0 Å². The molecule has 6 nitrogen and oxygen atoms in total. The fraction of sp³-hybridized carbons (Fsp3) is 0.474. The highest BCUT2D eigenvalue weighted by Crippen LogP contribution is 2.34. The summed E-state index contributed by atoms with van der Waals surface area (Å²) in [5.74, 6) is -1.18. The van der Waals surface area contributed by atoms with E-state index in [1.165, 1.54) is 0 Å². The van der Waals surface area contributed by atoms with Gasteiger partial charge in [0.2, 0.25) is 5.43 Å². The third-order valence-corrected chi connectivity index (χ3v) is 6.34. The van der Waals surface area contributed by atoms with Crippen LogP contribution < -0.4 is 21.2 Å². The largest absolute Gasteiger partial charge is 0.366 e. The summed E-state index contributed by atoms with van der Waals surface area (Å²) in [5.41, 5.74) is -1.19. The van der Waals surface area contributed by atoms with E-state index >= 15 is 4.39 Å². The molecule has 1 unspecified atom stereocenters. The molecule has 1 aromatic carbocycles. The topological polar surface area (TPSA) is 70.1 Å². The molecule has 0 spiro atoms. The third-order valence-electron chi connectivity index (χ3n) is 5.44. The fourth-order valence-corrected chi connectivity index (χ4v) is 5.01. The van der Waals surface area contributed by atoms with Crippen LogP contribution in [0.3, 0.4) is 0 Å². The van der Waals surface area contributed by atoms with Crippen LogP contribution >= 0.6 is 11.5 Å². The van der Waals surface area contributed by atoms with Crippen molar-refractivity contribution in [2.75, 3.05) is 31.1 Å². The summed E-state index contributed by atoms with van der Waals surface area (Å²) < 4.78 is 34.6. The predicted molar refractivity (Wildman–Crippen MR) is 109 cm³/mol. The second-order valence-corrected chi connectivity index (χ2v) is 7.91. The molecule has 1 aliphatic heterocycles. The maximum absolute atomic E-state index is 15.6. The Labute approximate surface area is 163 Å². The number of benzene rings is 1. The van der Waals surface area contributed by atoms with Gasteiger partial charge in [-0.05, 0) is 50.0 Å². The average Bonchev–Trinajstić information content (AvgIpc) is 3.28. The van der Waals surface area contributed by atoms with Crippen molar-refractivity contribution in [3.63, 3.8) is 0 Å². The number of hydrogen-bond donors (Lipinski definition) is 2. The molecule has 1 atom stereocenters. The maximum Gasteiger partial charge on any atom is 0.271 e. The van der Waals surface area contributed by atoms with Gasteiger partial charge in [0.15, 0.2) is 5.82 Å². The summed E-state index contributed by atoms with van der Waals surface area (Å²) in [6.07, 6.45) is 0.850. The third kappa shape index (κ3) is 2.84. The van der Waals surface area contributed by atoms with Gasteiger partial charge in [-0.3, -0.25) is 14.0 Å². The van der Waals surface area contributed by atoms with E-state index in [9.17, 15) is 14.0 Å². The summed E-state index contributed by atoms with van der Waals surface area (Å²) in [6.45, 7) is 6.96. The molecular formula is C19H22F2N4O2S. The summed E-state index contributed by atoms with van der Waals surface area (Å²) in [7, 11) is 0. The number of aryl methyl sites for hydroxylation is 1. The number of rotatable bonds is 5. The van der Waals surface area contributed by atoms with Crippen molar-refractivity contribution in [2.45, 2.75) is 26.8 Å². The Bertz CT molecular complexity index is 1170. The molecule has 9 heteroatoms. The van der Waals surface area contributed by atoms with Crippen LogP contribution in [0.4, 0.5) is 14.5 Å². The smallest absolute Gasteiger partial charge is 0.271 e. The Morgan fingerprint density at radius 1 is 1.32 bits per heavy atom. The van der Waals surface area contributed by atoms with E-state index in [4.69, 9.17) is 0 Å². The van der Waals surface area contributed by atoms with Crippen LogP contribution in [0.2, 0.25) is 0 Å². The van der Waals surface area contributed by atoms with Crippen molar-refractivity contribution < 1.29 is 8.78 Å². The van der Waals surface area contributed by atoms with Crippen molar-refractivity contribution in [2.24, 2.45) is 5.92 Å². The quantitative estimate of drug-likeness (QED) is 0.681. The second-order valence-electron chi connectivity index (χ2n) is 7.11. The fourth-order valence-electron chi connectivity index (χ4n) is 4.10. The Kier molecular flexibility index (Phi) is 4.96. The van der Waals surface area contributed by atoms with Crippen LogP contribution in [0.1, 0.15) is 20.3 Å². The number of aromatic amines is 1. The SMILES string of the molecule is CCNCC1CCN(c2c(F)cc3c(=O)c4c(=O)[nH]sc4n(CC)c3c2F)C1. The number of halogens is 2. The summed E-state index contributed by atoms with van der Waals surface area (Å²) in [4.78, 5) is 26.9. The lowest BCUT2D eigenvalue weighted by Gasteiger charge is -2.22. The van der Waals surface area contributed by atoms with Crippen molar-refractivity contribution in [3.8, 4) is 0 Å². The number of hydrogen-bond acceptors (Lipinski definition) is 5. The van der Waals surface area contributed by atoms with Gasteiger partial charge in [-0.1, -0.05) is 6.92 Å². The molecule has 1 saturated heterocycles. The first-order chi connectivity index (χ1) is 13.5. The van der Waals surface area contributed by atoms with E-state index in [0.717, 1.165) is 37.1 Å². The lowest BCUT2D eigenvalue weighted by Crippen LogP contribution is -2.27. The Morgan fingerprint density at radius 3 is 2.82 bits per heavy atom. The van der Waals surface area contributed by atoms with Crippen LogP contribution in [-0.4, -0.2) is 35.1 Å². The van der Waals surface area contributed by atoms with E-state index < -0.39 is 22.6 Å². The zero-order chi connectivity index (χ0) is 20.0. The van der Waals surface area contributed by atoms with Gasteiger partial charge >= 0.3 is 0 Å². The zero-order valence-corrected chi connectivity index (χ0v) is 16.6. The molecule has 0 bridgehead atoms. The molecule has 28 heavy (non-hydrogen) atoms. The summed E-state index contributed by atoms with van der Waals surface area (Å²) >= 11 is 0.998. The minimum absolute atomic E-state index is 0.0437. The Hall–Kier alpha value is -2.26. The monoisotopic (exact) mass is 408 g/mol. The molecule has 0 amide bonds. The number of anilines is 1. The van der Waals surface area contributed by atoms with Gasteiger partial charge < -0.3 is 14.8 Å². The van der Waals surface area contributed by atoms with Gasteiger partial charge in [-0.15, -0.1) is 0 Å². The molecule has 4 rings (SSSR count). The standard InChI is InChI=1S/C19H22F2N4O2S/c1-3-22-8-10-5-6-24(9-10)16-12(20)7-11-15(14(16)21)25(4-2)19-13(17(11)26)18(27)23-28-19/h7,10,22H,3-6,8-9H2,1-2H3,(H,23,27). The van der Waals surface area contributed by atoms with Crippen LogP contribution in [0.25, 0.3) is 21.1 Å². The number of aromatic nitrogens is 2. The van der Waals surface area contributed by atoms with Crippen LogP contribution in [0.5, 0.6) is 0 Å². The van der Waals surface area contributed by atoms with Gasteiger partial charge in [-0.2, -0.15) is 0 Å². The molecule has 1 aliphatic rings. The minimum Gasteiger partial charge on any atom is -0.366 e. The highest BCUT2D eigenvalue weighted by Gasteiger charge is 2.29. The number of H-pyrrole nitrogens is 1. The molecule has 150 valence electrons. The first-order valence-corrected chi connectivity index (χ1v) is 10.3. The normalized spacial score (nSPS) is 17.3. The van der Waals surface area contributed by atoms with Gasteiger partial charge in [0.05, 0.1) is 10.9 Å². The predicted octanol–water partition coefficient (Wildman–Crippen LogP) is 2.64. The maximum atomic E-state index is 15.6. The Morgan fingerprint density at radius 2 is 2.11 bits per heavy atom. The first-order valence-electron chi connectivity index (χ1n) is 9.49. The number of pyridine rings is 1.